The van der Waals surface area contributed by atoms with Crippen LogP contribution in [0.5, 0.6) is 0 Å². The molecule has 0 aliphatic rings. The lowest BCUT2D eigenvalue weighted by molar-refractivity contribution is 0.705. The molecule has 0 saturated heterocycles. The first-order valence-electron chi connectivity index (χ1n) is 3.84. The normalized spacial score (nSPS) is 10.1. The third-order valence-electron chi connectivity index (χ3n) is 1.52. The van der Waals surface area contributed by atoms with Crippen molar-refractivity contribution in [2.45, 2.75) is 32.6 Å². The highest BCUT2D eigenvalue weighted by atomic mass is 15.1. The highest BCUT2D eigenvalue weighted by Gasteiger charge is 1.92. The van der Waals surface area contributed by atoms with Crippen molar-refractivity contribution in [2.75, 3.05) is 0 Å². The number of H-pyrrole nitrogens is 1. The monoisotopic (exact) mass is 137 g/mol. The summed E-state index contributed by atoms with van der Waals surface area (Å²) in [6.07, 6.45) is 6.61. The summed E-state index contributed by atoms with van der Waals surface area (Å²) in [6.45, 7) is 2.20. The Labute approximate surface area is 61.7 Å². The second-order valence-corrected chi connectivity index (χ2v) is 2.43. The van der Waals surface area contributed by atoms with Crippen LogP contribution < -0.4 is 0 Å². The number of nitrogens with one attached hydrogen (secondary N) is 1. The van der Waals surface area contributed by atoms with E-state index in [0.717, 1.165) is 12.1 Å². The Morgan fingerprint density at radius 1 is 1.60 bits per heavy atom. The molecule has 2 heteroatoms. The lowest BCUT2D eigenvalue weighted by Crippen LogP contribution is -1.84. The van der Waals surface area contributed by atoms with E-state index in [9.17, 15) is 0 Å². The number of aryl methyl sites for hydroxylation is 1. The molecule has 0 fully saturated rings. The van der Waals surface area contributed by atoms with Crippen LogP contribution in [-0.4, -0.2) is 10.2 Å². The highest BCUT2D eigenvalue weighted by Crippen LogP contribution is 2.01. The van der Waals surface area contributed by atoms with E-state index in [2.05, 4.69) is 23.2 Å². The maximum Gasteiger partial charge on any atom is 0.0701 e. The summed E-state index contributed by atoms with van der Waals surface area (Å²) in [5, 5.41) is 6.76. The number of nitrogens with zero attached hydrogens (tertiary/aromatic N) is 1. The van der Waals surface area contributed by atoms with Crippen molar-refractivity contribution in [3.05, 3.63) is 18.0 Å². The van der Waals surface area contributed by atoms with Crippen molar-refractivity contribution in [3.63, 3.8) is 0 Å². The van der Waals surface area contributed by atoms with Crippen molar-refractivity contribution in [2.24, 2.45) is 0 Å². The van der Waals surface area contributed by atoms with Gasteiger partial charge in [0.1, 0.15) is 0 Å². The van der Waals surface area contributed by atoms with E-state index in [-0.39, 0.29) is 0 Å². The van der Waals surface area contributed by atoms with E-state index in [0.29, 0.717) is 0 Å². The van der Waals surface area contributed by atoms with E-state index in [4.69, 9.17) is 0 Å². The number of aromatic nitrogens is 2. The Morgan fingerprint density at radius 3 is 3.10 bits per heavy atom. The van der Waals surface area contributed by atoms with Gasteiger partial charge in [0.2, 0.25) is 0 Å². The molecule has 0 atom stereocenters. The Balaban J connectivity index is 2.15. The van der Waals surface area contributed by atoms with Crippen LogP contribution in [0.15, 0.2) is 6.20 Å². The maximum atomic E-state index is 4.01. The molecule has 55 valence electrons. The Hall–Kier alpha value is -0.790. The van der Waals surface area contributed by atoms with Crippen LogP contribution in [0.2, 0.25) is 0 Å². The molecule has 10 heavy (non-hydrogen) atoms. The molecule has 1 N–H and O–H groups in total. The van der Waals surface area contributed by atoms with Crippen LogP contribution in [0, 0.1) is 6.07 Å². The summed E-state index contributed by atoms with van der Waals surface area (Å²) in [7, 11) is 0. The third-order valence-corrected chi connectivity index (χ3v) is 1.52. The van der Waals surface area contributed by atoms with Gasteiger partial charge in [-0.3, -0.25) is 5.10 Å². The highest BCUT2D eigenvalue weighted by molar-refractivity contribution is 4.94. The average Bonchev–Trinajstić information content (AvgIpc) is 2.41. The number of hydrogen-bond acceptors (Lipinski definition) is 1. The first-order valence-corrected chi connectivity index (χ1v) is 3.84. The molecule has 0 saturated carbocycles. The fraction of sp³-hybridized carbons (Fsp3) is 0.625. The van der Waals surface area contributed by atoms with Gasteiger partial charge in [-0.1, -0.05) is 19.8 Å². The number of hydrogen-bond donors (Lipinski definition) is 1. The third kappa shape index (κ3) is 2.21. The molecule has 1 aromatic rings. The summed E-state index contributed by atoms with van der Waals surface area (Å²) < 4.78 is 0. The predicted molar refractivity (Wildman–Crippen MR) is 40.7 cm³/mol. The van der Waals surface area contributed by atoms with Gasteiger partial charge in [0.15, 0.2) is 0 Å². The van der Waals surface area contributed by atoms with Crippen LogP contribution in [0.3, 0.4) is 0 Å². The molecular formula is C8H13N2. The molecule has 0 bridgehead atoms. The SMILES string of the molecule is CCCCCc1[c]c[nH]n1. The minimum absolute atomic E-state index is 1.06. The lowest BCUT2D eigenvalue weighted by atomic mass is 10.2. The van der Waals surface area contributed by atoms with Gasteiger partial charge in [0, 0.05) is 12.3 Å². The Bertz CT molecular complexity index is 156. The first kappa shape index (κ1) is 7.32. The maximum absolute atomic E-state index is 4.01. The number of rotatable bonds is 4. The van der Waals surface area contributed by atoms with Gasteiger partial charge in [0.25, 0.3) is 0 Å². The van der Waals surface area contributed by atoms with Crippen LogP contribution in [0.1, 0.15) is 31.9 Å². The quantitative estimate of drug-likeness (QED) is 0.631. The van der Waals surface area contributed by atoms with Crippen molar-refractivity contribution in [3.8, 4) is 0 Å². The molecular weight excluding hydrogens is 124 g/mol. The topological polar surface area (TPSA) is 28.7 Å². The van der Waals surface area contributed by atoms with Crippen LogP contribution in [0.4, 0.5) is 0 Å². The fourth-order valence-corrected chi connectivity index (χ4v) is 0.929. The molecule has 1 heterocycles. The Kier molecular flexibility index (Phi) is 3.00. The second kappa shape index (κ2) is 4.09. The van der Waals surface area contributed by atoms with Crippen LogP contribution in [0.25, 0.3) is 0 Å². The summed E-state index contributed by atoms with van der Waals surface area (Å²) >= 11 is 0. The van der Waals surface area contributed by atoms with Crippen molar-refractivity contribution < 1.29 is 0 Å². The van der Waals surface area contributed by atoms with E-state index < -0.39 is 0 Å². The van der Waals surface area contributed by atoms with Gasteiger partial charge < -0.3 is 0 Å². The molecule has 0 aromatic carbocycles. The van der Waals surface area contributed by atoms with Gasteiger partial charge in [-0.05, 0) is 12.8 Å². The van der Waals surface area contributed by atoms with Gasteiger partial charge >= 0.3 is 0 Å². The number of aromatic amines is 1. The molecule has 1 radical (unpaired) electrons. The fourth-order valence-electron chi connectivity index (χ4n) is 0.929. The van der Waals surface area contributed by atoms with Crippen molar-refractivity contribution >= 4 is 0 Å². The van der Waals surface area contributed by atoms with Gasteiger partial charge in [-0.25, -0.2) is 0 Å². The van der Waals surface area contributed by atoms with Crippen molar-refractivity contribution in [1.29, 1.82) is 0 Å². The standard InChI is InChI=1S/C8H13N2/c1-2-3-4-5-8-6-7-9-10-8/h7H,2-5H2,1H3,(H,9,10). The first-order chi connectivity index (χ1) is 4.93. The van der Waals surface area contributed by atoms with Crippen LogP contribution in [-0.2, 0) is 6.42 Å². The minimum atomic E-state index is 1.06. The zero-order valence-electron chi connectivity index (χ0n) is 6.35. The van der Waals surface area contributed by atoms with Gasteiger partial charge in [0.05, 0.1) is 5.69 Å². The molecule has 1 aromatic heterocycles. The zero-order chi connectivity index (χ0) is 7.23. The minimum Gasteiger partial charge on any atom is -0.285 e. The molecule has 2 nitrogen and oxygen atoms in total. The summed E-state index contributed by atoms with van der Waals surface area (Å²) in [5.74, 6) is 0. The van der Waals surface area contributed by atoms with Gasteiger partial charge in [-0.2, -0.15) is 5.10 Å². The smallest absolute Gasteiger partial charge is 0.0701 e. The van der Waals surface area contributed by atoms with Crippen molar-refractivity contribution in [1.82, 2.24) is 10.2 Å². The molecule has 0 spiro atoms. The van der Waals surface area contributed by atoms with E-state index in [1.807, 2.05) is 0 Å². The zero-order valence-corrected chi connectivity index (χ0v) is 6.35. The molecule has 0 aliphatic heterocycles. The number of unbranched alkanes of at least 4 members (excludes halogenated alkanes) is 2. The average molecular weight is 137 g/mol. The lowest BCUT2D eigenvalue weighted by Gasteiger charge is -1.92. The van der Waals surface area contributed by atoms with Gasteiger partial charge in [-0.15, -0.1) is 0 Å². The molecule has 0 aliphatic carbocycles. The van der Waals surface area contributed by atoms with E-state index in [1.165, 1.54) is 19.3 Å². The predicted octanol–water partition coefficient (Wildman–Crippen LogP) is 1.94. The largest absolute Gasteiger partial charge is 0.285 e. The second-order valence-electron chi connectivity index (χ2n) is 2.43. The molecule has 1 rings (SSSR count). The molecule has 0 amide bonds. The van der Waals surface area contributed by atoms with E-state index >= 15 is 0 Å². The summed E-state index contributed by atoms with van der Waals surface area (Å²) in [4.78, 5) is 0. The van der Waals surface area contributed by atoms with Crippen LogP contribution >= 0.6 is 0 Å². The summed E-state index contributed by atoms with van der Waals surface area (Å²) in [6, 6.07) is 3.03. The van der Waals surface area contributed by atoms with E-state index in [1.54, 1.807) is 6.20 Å². The summed E-state index contributed by atoms with van der Waals surface area (Å²) in [5.41, 5.74) is 1.06. The molecule has 0 unspecified atom stereocenters. The Morgan fingerprint density at radius 2 is 2.50 bits per heavy atom.